The number of carboxylic acids is 2. The number of carbonyl (C=O) groups is 2. The second kappa shape index (κ2) is 8.82. The van der Waals surface area contributed by atoms with Gasteiger partial charge in [0, 0.05) is 57.0 Å². The molecule has 0 saturated heterocycles. The Hall–Kier alpha value is -4.46. The van der Waals surface area contributed by atoms with E-state index in [9.17, 15) is 19.8 Å². The second-order valence-corrected chi connectivity index (χ2v) is 8.43. The van der Waals surface area contributed by atoms with Gasteiger partial charge in [0.05, 0.1) is 0 Å². The standard InChI is InChI=1S/C26H24N4O4/c31-25(32)7-1-15-9-21-12-19-5-3-17(27-19)11-18-4-6-20(28-18)13-22-10-16(2-8-26(33)34)24(30-22)14-23(15)29-21/h3-6,9-14,27-30H,1-2,7-8H2,(H,31,32)(H,33,34). The molecular formula is C26H24N4O4. The van der Waals surface area contributed by atoms with Crippen molar-refractivity contribution in [1.29, 1.82) is 0 Å². The SMILES string of the molecule is O=C(O)CCc1cc2[nH]c1C=c1[nH]c(cc1CCC(=O)O)=Cc1ccc([nH]1)C=c1ccc([nH]1)=C2. The molecule has 5 rings (SSSR count). The van der Waals surface area contributed by atoms with E-state index in [0.717, 1.165) is 55.3 Å². The van der Waals surface area contributed by atoms with Crippen LogP contribution in [0.1, 0.15) is 46.7 Å². The third-order valence-corrected chi connectivity index (χ3v) is 5.81. The summed E-state index contributed by atoms with van der Waals surface area (Å²) in [5.41, 5.74) is 5.28. The highest BCUT2D eigenvalue weighted by atomic mass is 16.4. The van der Waals surface area contributed by atoms with Crippen LogP contribution in [-0.2, 0) is 22.4 Å². The van der Waals surface area contributed by atoms with Gasteiger partial charge in [-0.2, -0.15) is 0 Å². The van der Waals surface area contributed by atoms with Crippen LogP contribution in [0.25, 0.3) is 24.3 Å². The Morgan fingerprint density at radius 2 is 1.24 bits per heavy atom. The molecule has 0 aliphatic carbocycles. The van der Waals surface area contributed by atoms with Crippen molar-refractivity contribution in [1.82, 2.24) is 19.9 Å². The molecule has 8 nitrogen and oxygen atoms in total. The fourth-order valence-electron chi connectivity index (χ4n) is 4.23. The summed E-state index contributed by atoms with van der Waals surface area (Å²) in [6, 6.07) is 11.9. The smallest absolute Gasteiger partial charge is 0.303 e. The average Bonchev–Trinajstić information content (AvgIpc) is 3.55. The molecule has 6 N–H and O–H groups in total. The fraction of sp³-hybridized carbons (Fsp3) is 0.154. The predicted octanol–water partition coefficient (Wildman–Crippen LogP) is 0.662. The number of hydrogen-bond donors (Lipinski definition) is 6. The number of H-pyrrole nitrogens is 4. The molecule has 0 aromatic carbocycles. The monoisotopic (exact) mass is 456 g/mol. The van der Waals surface area contributed by atoms with Crippen LogP contribution in [0.2, 0.25) is 0 Å². The van der Waals surface area contributed by atoms with Crippen LogP contribution < -0.4 is 21.4 Å². The van der Waals surface area contributed by atoms with Crippen molar-refractivity contribution in [3.63, 3.8) is 0 Å². The van der Waals surface area contributed by atoms with Crippen LogP contribution >= 0.6 is 0 Å². The molecule has 0 fully saturated rings. The predicted molar refractivity (Wildman–Crippen MR) is 128 cm³/mol. The summed E-state index contributed by atoms with van der Waals surface area (Å²) in [5.74, 6) is -1.71. The van der Waals surface area contributed by atoms with Crippen LogP contribution in [0.15, 0.2) is 36.4 Å². The van der Waals surface area contributed by atoms with Gasteiger partial charge in [0.2, 0.25) is 0 Å². The zero-order valence-corrected chi connectivity index (χ0v) is 18.3. The summed E-state index contributed by atoms with van der Waals surface area (Å²) in [5, 5.41) is 21.9. The number of hydrogen-bond acceptors (Lipinski definition) is 2. The summed E-state index contributed by atoms with van der Waals surface area (Å²) in [7, 11) is 0. The lowest BCUT2D eigenvalue weighted by Crippen LogP contribution is -2.13. The van der Waals surface area contributed by atoms with Crippen LogP contribution in [-0.4, -0.2) is 42.1 Å². The maximum absolute atomic E-state index is 11.2. The van der Waals surface area contributed by atoms with Crippen LogP contribution in [0.3, 0.4) is 0 Å². The van der Waals surface area contributed by atoms with E-state index >= 15 is 0 Å². The van der Waals surface area contributed by atoms with E-state index in [-0.39, 0.29) is 12.8 Å². The highest BCUT2D eigenvalue weighted by Gasteiger charge is 2.10. The number of carboxylic acid groups (broad SMARTS) is 2. The maximum Gasteiger partial charge on any atom is 0.303 e. The van der Waals surface area contributed by atoms with Crippen molar-refractivity contribution >= 4 is 36.2 Å². The van der Waals surface area contributed by atoms with Crippen molar-refractivity contribution < 1.29 is 19.8 Å². The Labute approximate surface area is 193 Å². The van der Waals surface area contributed by atoms with E-state index in [0.29, 0.717) is 12.8 Å². The number of rotatable bonds is 6. The third-order valence-electron chi connectivity index (χ3n) is 5.81. The molecule has 0 amide bonds. The summed E-state index contributed by atoms with van der Waals surface area (Å²) < 4.78 is 0. The Bertz CT molecular complexity index is 1630. The Morgan fingerprint density at radius 1 is 0.618 bits per heavy atom. The van der Waals surface area contributed by atoms with E-state index in [1.54, 1.807) is 0 Å². The van der Waals surface area contributed by atoms with Gasteiger partial charge in [-0.15, -0.1) is 0 Å². The van der Waals surface area contributed by atoms with Gasteiger partial charge < -0.3 is 30.1 Å². The van der Waals surface area contributed by atoms with E-state index < -0.39 is 11.9 Å². The minimum atomic E-state index is -0.857. The molecule has 0 unspecified atom stereocenters. The lowest BCUT2D eigenvalue weighted by Gasteiger charge is -1.98. The fourth-order valence-corrected chi connectivity index (χ4v) is 4.23. The van der Waals surface area contributed by atoms with Gasteiger partial charge in [-0.1, -0.05) is 0 Å². The molecule has 0 saturated carbocycles. The zero-order chi connectivity index (χ0) is 23.7. The summed E-state index contributed by atoms with van der Waals surface area (Å²) in [6.45, 7) is 0. The van der Waals surface area contributed by atoms with E-state index in [1.807, 2.05) is 60.7 Å². The maximum atomic E-state index is 11.2. The molecule has 8 heteroatoms. The lowest BCUT2D eigenvalue weighted by atomic mass is 10.1. The first-order valence-corrected chi connectivity index (χ1v) is 11.1. The van der Waals surface area contributed by atoms with Gasteiger partial charge in [0.25, 0.3) is 0 Å². The molecule has 34 heavy (non-hydrogen) atoms. The quantitative estimate of drug-likeness (QED) is 0.224. The van der Waals surface area contributed by atoms with Crippen LogP contribution in [0.4, 0.5) is 0 Å². The van der Waals surface area contributed by atoms with Crippen molar-refractivity contribution in [3.8, 4) is 0 Å². The minimum absolute atomic E-state index is 0.0182. The van der Waals surface area contributed by atoms with Gasteiger partial charge >= 0.3 is 11.9 Å². The number of nitrogens with one attached hydrogen (secondary N) is 4. The van der Waals surface area contributed by atoms with Crippen molar-refractivity contribution in [2.45, 2.75) is 25.7 Å². The first kappa shape index (κ1) is 21.4. The molecule has 4 aromatic heterocycles. The van der Waals surface area contributed by atoms with Gasteiger partial charge in [-0.25, -0.2) is 0 Å². The number of fused-ring (bicyclic) bond motifs is 8. The molecule has 8 bridgehead atoms. The minimum Gasteiger partial charge on any atom is -0.481 e. The number of aliphatic carboxylic acids is 2. The normalized spacial score (nSPS) is 12.2. The van der Waals surface area contributed by atoms with Gasteiger partial charge in [0.1, 0.15) is 0 Å². The first-order valence-electron chi connectivity index (χ1n) is 11.1. The average molecular weight is 457 g/mol. The first-order chi connectivity index (χ1) is 16.4. The van der Waals surface area contributed by atoms with E-state index in [2.05, 4.69) is 19.9 Å². The molecule has 1 aliphatic heterocycles. The molecule has 0 atom stereocenters. The second-order valence-electron chi connectivity index (χ2n) is 8.43. The van der Waals surface area contributed by atoms with Gasteiger partial charge in [-0.3, -0.25) is 9.59 Å². The molecule has 172 valence electrons. The lowest BCUT2D eigenvalue weighted by molar-refractivity contribution is -0.138. The third kappa shape index (κ3) is 4.80. The summed E-state index contributed by atoms with van der Waals surface area (Å²) in [6.07, 6.45) is 8.70. The number of aromatic nitrogens is 4. The molecule has 0 spiro atoms. The number of aryl methyl sites for hydroxylation is 2. The Kier molecular flexibility index (Phi) is 5.55. The zero-order valence-electron chi connectivity index (χ0n) is 18.3. The Balaban J connectivity index is 1.72. The highest BCUT2D eigenvalue weighted by Crippen LogP contribution is 2.15. The van der Waals surface area contributed by atoms with Crippen LogP contribution in [0.5, 0.6) is 0 Å². The number of aromatic amines is 4. The summed E-state index contributed by atoms with van der Waals surface area (Å²) >= 11 is 0. The largest absolute Gasteiger partial charge is 0.481 e. The topological polar surface area (TPSA) is 138 Å². The van der Waals surface area contributed by atoms with Crippen molar-refractivity contribution in [2.75, 3.05) is 0 Å². The van der Waals surface area contributed by atoms with Gasteiger partial charge in [0.15, 0.2) is 0 Å². The molecule has 5 heterocycles. The van der Waals surface area contributed by atoms with E-state index in [1.165, 1.54) is 0 Å². The molecule has 4 aromatic rings. The van der Waals surface area contributed by atoms with Crippen molar-refractivity contribution in [3.05, 3.63) is 91.7 Å². The highest BCUT2D eigenvalue weighted by molar-refractivity contribution is 5.68. The molecule has 1 aliphatic rings. The summed E-state index contributed by atoms with van der Waals surface area (Å²) in [4.78, 5) is 35.9. The molecular weight excluding hydrogens is 432 g/mol. The Morgan fingerprint density at radius 3 is 1.91 bits per heavy atom. The molecule has 0 radical (unpaired) electrons. The van der Waals surface area contributed by atoms with Crippen molar-refractivity contribution in [2.24, 2.45) is 0 Å². The van der Waals surface area contributed by atoms with Crippen LogP contribution in [0, 0.1) is 0 Å². The van der Waals surface area contributed by atoms with E-state index in [4.69, 9.17) is 0 Å². The van der Waals surface area contributed by atoms with Gasteiger partial charge in [-0.05, 0) is 84.7 Å².